The van der Waals surface area contributed by atoms with Gasteiger partial charge in [0.1, 0.15) is 5.82 Å². The van der Waals surface area contributed by atoms with Crippen LogP contribution in [0, 0.1) is 6.92 Å². The highest BCUT2D eigenvalue weighted by Gasteiger charge is 2.06. The monoisotopic (exact) mass is 201 g/mol. The van der Waals surface area contributed by atoms with Gasteiger partial charge in [0, 0.05) is 31.0 Å². The molecular weight excluding hydrogens is 186 g/mol. The molecule has 0 aliphatic heterocycles. The van der Waals surface area contributed by atoms with Crippen LogP contribution in [0.15, 0.2) is 36.7 Å². The number of hydrogen-bond donors (Lipinski definition) is 1. The molecule has 3 heteroatoms. The third-order valence-electron chi connectivity index (χ3n) is 2.47. The molecule has 0 radical (unpaired) electrons. The fourth-order valence-corrected chi connectivity index (χ4v) is 1.70. The van der Waals surface area contributed by atoms with E-state index in [-0.39, 0.29) is 0 Å². The summed E-state index contributed by atoms with van der Waals surface area (Å²) >= 11 is 0. The van der Waals surface area contributed by atoms with Gasteiger partial charge in [-0.05, 0) is 12.5 Å². The molecule has 0 spiro atoms. The zero-order valence-electron chi connectivity index (χ0n) is 8.85. The van der Waals surface area contributed by atoms with E-state index < -0.39 is 0 Å². The summed E-state index contributed by atoms with van der Waals surface area (Å²) in [6, 6.07) is 8.25. The lowest BCUT2D eigenvalue weighted by atomic mass is 10.1. The van der Waals surface area contributed by atoms with Gasteiger partial charge in [-0.25, -0.2) is 4.98 Å². The maximum atomic E-state index is 5.56. The summed E-state index contributed by atoms with van der Waals surface area (Å²) in [5.41, 5.74) is 7.97. The molecule has 2 N–H and O–H groups in total. The molecule has 1 aromatic heterocycles. The summed E-state index contributed by atoms with van der Waals surface area (Å²) in [5.74, 6) is 0.999. The van der Waals surface area contributed by atoms with Crippen LogP contribution < -0.4 is 5.73 Å². The summed E-state index contributed by atoms with van der Waals surface area (Å²) in [4.78, 5) is 4.37. The Morgan fingerprint density at radius 1 is 1.33 bits per heavy atom. The van der Waals surface area contributed by atoms with Crippen LogP contribution in [0.4, 0.5) is 0 Å². The molecule has 0 saturated carbocycles. The first kappa shape index (κ1) is 9.93. The maximum absolute atomic E-state index is 5.56. The van der Waals surface area contributed by atoms with Gasteiger partial charge < -0.3 is 10.3 Å². The predicted molar refractivity (Wildman–Crippen MR) is 61.5 cm³/mol. The van der Waals surface area contributed by atoms with E-state index in [9.17, 15) is 0 Å². The number of nitrogens with zero attached hydrogens (tertiary/aromatic N) is 2. The molecule has 0 aliphatic rings. The summed E-state index contributed by atoms with van der Waals surface area (Å²) < 4.78 is 2.09. The van der Waals surface area contributed by atoms with E-state index in [1.807, 2.05) is 24.5 Å². The van der Waals surface area contributed by atoms with E-state index in [1.54, 1.807) is 0 Å². The van der Waals surface area contributed by atoms with Crippen molar-refractivity contribution in [2.45, 2.75) is 13.5 Å². The molecule has 78 valence electrons. The summed E-state index contributed by atoms with van der Waals surface area (Å²) in [6.07, 6.45) is 3.78. The van der Waals surface area contributed by atoms with Crippen LogP contribution in [-0.4, -0.2) is 16.1 Å². The standard InChI is InChI=1S/C12H15N3/c1-10-4-2-3-5-11(10)12-14-7-9-15(12)8-6-13/h2-5,7,9H,6,8,13H2,1H3. The Labute approximate surface area is 89.6 Å². The van der Waals surface area contributed by atoms with Crippen LogP contribution in [0.3, 0.4) is 0 Å². The fourth-order valence-electron chi connectivity index (χ4n) is 1.70. The van der Waals surface area contributed by atoms with Crippen molar-refractivity contribution in [1.82, 2.24) is 9.55 Å². The van der Waals surface area contributed by atoms with Crippen molar-refractivity contribution < 1.29 is 0 Å². The number of nitrogens with two attached hydrogens (primary N) is 1. The molecule has 0 fully saturated rings. The first-order valence-corrected chi connectivity index (χ1v) is 5.10. The van der Waals surface area contributed by atoms with Gasteiger partial charge in [-0.3, -0.25) is 0 Å². The van der Waals surface area contributed by atoms with Crippen molar-refractivity contribution in [2.75, 3.05) is 6.54 Å². The van der Waals surface area contributed by atoms with Crippen LogP contribution in [0.25, 0.3) is 11.4 Å². The van der Waals surface area contributed by atoms with Gasteiger partial charge in [-0.2, -0.15) is 0 Å². The van der Waals surface area contributed by atoms with Crippen molar-refractivity contribution in [3.8, 4) is 11.4 Å². The number of aromatic nitrogens is 2. The molecule has 0 unspecified atom stereocenters. The number of rotatable bonds is 3. The smallest absolute Gasteiger partial charge is 0.140 e. The van der Waals surface area contributed by atoms with E-state index in [2.05, 4.69) is 28.6 Å². The van der Waals surface area contributed by atoms with E-state index in [4.69, 9.17) is 5.73 Å². The molecule has 2 aromatic rings. The maximum Gasteiger partial charge on any atom is 0.140 e. The van der Waals surface area contributed by atoms with Gasteiger partial charge in [0.25, 0.3) is 0 Å². The van der Waals surface area contributed by atoms with E-state index in [1.165, 1.54) is 11.1 Å². The zero-order chi connectivity index (χ0) is 10.7. The van der Waals surface area contributed by atoms with Crippen molar-refractivity contribution in [2.24, 2.45) is 5.73 Å². The second kappa shape index (κ2) is 4.28. The molecule has 0 aliphatic carbocycles. The van der Waals surface area contributed by atoms with Gasteiger partial charge in [-0.15, -0.1) is 0 Å². The van der Waals surface area contributed by atoms with Gasteiger partial charge in [-0.1, -0.05) is 24.3 Å². The predicted octanol–water partition coefficient (Wildman–Crippen LogP) is 1.82. The topological polar surface area (TPSA) is 43.8 Å². The Kier molecular flexibility index (Phi) is 2.83. The fraction of sp³-hybridized carbons (Fsp3) is 0.250. The molecule has 15 heavy (non-hydrogen) atoms. The van der Waals surface area contributed by atoms with E-state index in [0.717, 1.165) is 12.4 Å². The molecule has 1 aromatic carbocycles. The van der Waals surface area contributed by atoms with Crippen molar-refractivity contribution >= 4 is 0 Å². The Hall–Kier alpha value is -1.61. The molecular formula is C12H15N3. The highest BCUT2D eigenvalue weighted by Crippen LogP contribution is 2.20. The molecule has 0 amide bonds. The Bertz CT molecular complexity index is 446. The second-order valence-corrected chi connectivity index (χ2v) is 3.55. The highest BCUT2D eigenvalue weighted by atomic mass is 15.1. The van der Waals surface area contributed by atoms with Crippen LogP contribution in [0.5, 0.6) is 0 Å². The lowest BCUT2D eigenvalue weighted by Crippen LogP contribution is -2.10. The van der Waals surface area contributed by atoms with Crippen LogP contribution in [-0.2, 0) is 6.54 Å². The van der Waals surface area contributed by atoms with Crippen molar-refractivity contribution in [3.05, 3.63) is 42.2 Å². The Morgan fingerprint density at radius 2 is 2.13 bits per heavy atom. The highest BCUT2D eigenvalue weighted by molar-refractivity contribution is 5.60. The summed E-state index contributed by atoms with van der Waals surface area (Å²) in [7, 11) is 0. The van der Waals surface area contributed by atoms with E-state index in [0.29, 0.717) is 6.54 Å². The van der Waals surface area contributed by atoms with Gasteiger partial charge >= 0.3 is 0 Å². The van der Waals surface area contributed by atoms with Gasteiger partial charge in [0.05, 0.1) is 0 Å². The molecule has 0 saturated heterocycles. The summed E-state index contributed by atoms with van der Waals surface area (Å²) in [5, 5.41) is 0. The number of imidazole rings is 1. The summed E-state index contributed by atoms with van der Waals surface area (Å²) in [6.45, 7) is 3.54. The first-order chi connectivity index (χ1) is 7.33. The minimum atomic E-state index is 0.634. The third-order valence-corrected chi connectivity index (χ3v) is 2.47. The van der Waals surface area contributed by atoms with Crippen molar-refractivity contribution in [1.29, 1.82) is 0 Å². The van der Waals surface area contributed by atoms with Gasteiger partial charge in [0.2, 0.25) is 0 Å². The molecule has 3 nitrogen and oxygen atoms in total. The first-order valence-electron chi connectivity index (χ1n) is 5.10. The number of aryl methyl sites for hydroxylation is 1. The minimum absolute atomic E-state index is 0.634. The number of benzene rings is 1. The van der Waals surface area contributed by atoms with Crippen molar-refractivity contribution in [3.63, 3.8) is 0 Å². The van der Waals surface area contributed by atoms with Crippen LogP contribution in [0.1, 0.15) is 5.56 Å². The van der Waals surface area contributed by atoms with E-state index >= 15 is 0 Å². The molecule has 2 rings (SSSR count). The normalized spacial score (nSPS) is 10.5. The molecule has 0 bridgehead atoms. The lowest BCUT2D eigenvalue weighted by molar-refractivity contribution is 0.715. The molecule has 0 atom stereocenters. The zero-order valence-corrected chi connectivity index (χ0v) is 8.85. The number of hydrogen-bond acceptors (Lipinski definition) is 2. The third kappa shape index (κ3) is 1.92. The molecule has 1 heterocycles. The quantitative estimate of drug-likeness (QED) is 0.823. The van der Waals surface area contributed by atoms with Crippen LogP contribution in [0.2, 0.25) is 0 Å². The van der Waals surface area contributed by atoms with Gasteiger partial charge in [0.15, 0.2) is 0 Å². The van der Waals surface area contributed by atoms with Crippen LogP contribution >= 0.6 is 0 Å². The minimum Gasteiger partial charge on any atom is -0.330 e. The average Bonchev–Trinajstić information content (AvgIpc) is 2.67. The lowest BCUT2D eigenvalue weighted by Gasteiger charge is -2.08. The largest absolute Gasteiger partial charge is 0.330 e. The Balaban J connectivity index is 2.45. The SMILES string of the molecule is Cc1ccccc1-c1nccn1CCN. The average molecular weight is 201 g/mol. The Morgan fingerprint density at radius 3 is 2.87 bits per heavy atom. The second-order valence-electron chi connectivity index (χ2n) is 3.55.